The first-order valence-electron chi connectivity index (χ1n) is 7.80. The van der Waals surface area contributed by atoms with Crippen molar-refractivity contribution >= 4 is 11.8 Å². The Kier molecular flexibility index (Phi) is 4.90. The second-order valence-corrected chi connectivity index (χ2v) is 7.33. The molecular weight excluding hydrogens is 266 g/mol. The number of hydrogen-bond acceptors (Lipinski definition) is 3. The molecule has 0 unspecified atom stereocenters. The van der Waals surface area contributed by atoms with Gasteiger partial charge in [0.1, 0.15) is 5.75 Å². The third kappa shape index (κ3) is 3.50. The van der Waals surface area contributed by atoms with E-state index in [9.17, 15) is 0 Å². The molecular formula is C17H25NOS. The van der Waals surface area contributed by atoms with Gasteiger partial charge in [-0.1, -0.05) is 12.1 Å². The summed E-state index contributed by atoms with van der Waals surface area (Å²) in [6, 6.07) is 9.35. The summed E-state index contributed by atoms with van der Waals surface area (Å²) in [5.74, 6) is 5.37. The summed E-state index contributed by atoms with van der Waals surface area (Å²) in [5.41, 5.74) is 1.47. The molecule has 3 heteroatoms. The van der Waals surface area contributed by atoms with Gasteiger partial charge in [-0.2, -0.15) is 11.8 Å². The zero-order valence-electron chi connectivity index (χ0n) is 12.3. The Bertz CT molecular complexity index is 408. The lowest BCUT2D eigenvalue weighted by atomic mass is 9.75. The number of thioether (sulfide) groups is 1. The van der Waals surface area contributed by atoms with Crippen LogP contribution in [0.25, 0.3) is 0 Å². The maximum Gasteiger partial charge on any atom is 0.118 e. The lowest BCUT2D eigenvalue weighted by molar-refractivity contribution is 0.272. The van der Waals surface area contributed by atoms with Gasteiger partial charge >= 0.3 is 0 Å². The summed E-state index contributed by atoms with van der Waals surface area (Å²) in [6.07, 6.45) is 5.42. The van der Waals surface area contributed by atoms with E-state index in [1.165, 1.54) is 49.3 Å². The van der Waals surface area contributed by atoms with E-state index < -0.39 is 0 Å². The van der Waals surface area contributed by atoms with Gasteiger partial charge < -0.3 is 10.1 Å². The number of hydrogen-bond donors (Lipinski definition) is 1. The van der Waals surface area contributed by atoms with Crippen molar-refractivity contribution in [2.75, 3.05) is 25.2 Å². The van der Waals surface area contributed by atoms with Crippen molar-refractivity contribution in [2.45, 2.75) is 37.6 Å². The fourth-order valence-electron chi connectivity index (χ4n) is 3.22. The molecule has 110 valence electrons. The van der Waals surface area contributed by atoms with Crippen LogP contribution in [0.5, 0.6) is 5.75 Å². The molecule has 1 aromatic carbocycles. The summed E-state index contributed by atoms with van der Waals surface area (Å²) in [5, 5.41) is 3.78. The van der Waals surface area contributed by atoms with Gasteiger partial charge in [0.05, 0.1) is 7.11 Å². The maximum atomic E-state index is 5.21. The van der Waals surface area contributed by atoms with Crippen LogP contribution in [0.3, 0.4) is 0 Å². The van der Waals surface area contributed by atoms with Gasteiger partial charge in [0.25, 0.3) is 0 Å². The van der Waals surface area contributed by atoms with E-state index >= 15 is 0 Å². The minimum Gasteiger partial charge on any atom is -0.497 e. The van der Waals surface area contributed by atoms with Crippen LogP contribution in [-0.2, 0) is 0 Å². The van der Waals surface area contributed by atoms with Gasteiger partial charge in [0.15, 0.2) is 0 Å². The molecule has 1 N–H and O–H groups in total. The van der Waals surface area contributed by atoms with E-state index in [-0.39, 0.29) is 0 Å². The topological polar surface area (TPSA) is 21.3 Å². The first-order chi connectivity index (χ1) is 9.85. The fraction of sp³-hybridized carbons (Fsp3) is 0.647. The van der Waals surface area contributed by atoms with Crippen LogP contribution in [0.15, 0.2) is 24.3 Å². The van der Waals surface area contributed by atoms with Crippen molar-refractivity contribution in [1.29, 1.82) is 0 Å². The highest BCUT2D eigenvalue weighted by Crippen LogP contribution is 2.37. The van der Waals surface area contributed by atoms with Crippen LogP contribution in [-0.4, -0.2) is 31.2 Å². The van der Waals surface area contributed by atoms with Crippen LogP contribution in [0.2, 0.25) is 0 Å². The van der Waals surface area contributed by atoms with E-state index in [1.807, 2.05) is 0 Å². The van der Waals surface area contributed by atoms with Crippen LogP contribution < -0.4 is 10.1 Å². The Morgan fingerprint density at radius 3 is 2.50 bits per heavy atom. The molecule has 2 aliphatic rings. The zero-order chi connectivity index (χ0) is 13.8. The first kappa shape index (κ1) is 14.3. The lowest BCUT2D eigenvalue weighted by Crippen LogP contribution is -2.42. The molecule has 0 spiro atoms. The Labute approximate surface area is 126 Å². The zero-order valence-corrected chi connectivity index (χ0v) is 13.1. The molecule has 1 saturated carbocycles. The van der Waals surface area contributed by atoms with Gasteiger partial charge in [0.2, 0.25) is 0 Å². The summed E-state index contributed by atoms with van der Waals surface area (Å²) < 4.78 is 5.21. The predicted molar refractivity (Wildman–Crippen MR) is 86.8 cm³/mol. The van der Waals surface area contributed by atoms with Gasteiger partial charge in [0, 0.05) is 6.04 Å². The van der Waals surface area contributed by atoms with E-state index in [1.54, 1.807) is 7.11 Å². The highest BCUT2D eigenvalue weighted by Gasteiger charge is 2.30. The standard InChI is InChI=1S/C17H25NOS/c1-19-17-4-2-14(3-5-17)15-10-16(11-15)18-12-13-6-8-20-9-7-13/h2-5,13,15-16,18H,6-12H2,1H3. The van der Waals surface area contributed by atoms with Crippen LogP contribution >= 0.6 is 11.8 Å². The molecule has 20 heavy (non-hydrogen) atoms. The minimum absolute atomic E-state index is 0.747. The summed E-state index contributed by atoms with van der Waals surface area (Å²) in [4.78, 5) is 0. The fourth-order valence-corrected chi connectivity index (χ4v) is 4.42. The Balaban J connectivity index is 1.39. The molecule has 0 bridgehead atoms. The number of ether oxygens (including phenoxy) is 1. The van der Waals surface area contributed by atoms with Crippen molar-refractivity contribution in [3.05, 3.63) is 29.8 Å². The molecule has 1 aliphatic heterocycles. The van der Waals surface area contributed by atoms with Crippen LogP contribution in [0.4, 0.5) is 0 Å². The molecule has 0 radical (unpaired) electrons. The SMILES string of the molecule is COc1ccc(C2CC(NCC3CCSCC3)C2)cc1. The average Bonchev–Trinajstić information content (AvgIpc) is 2.47. The maximum absolute atomic E-state index is 5.21. The van der Waals surface area contributed by atoms with Gasteiger partial charge in [-0.15, -0.1) is 0 Å². The quantitative estimate of drug-likeness (QED) is 0.894. The van der Waals surface area contributed by atoms with Gasteiger partial charge in [-0.05, 0) is 73.3 Å². The smallest absolute Gasteiger partial charge is 0.118 e. The van der Waals surface area contributed by atoms with Crippen molar-refractivity contribution < 1.29 is 4.74 Å². The number of nitrogens with one attached hydrogen (secondary N) is 1. The molecule has 2 fully saturated rings. The Morgan fingerprint density at radius 1 is 1.15 bits per heavy atom. The highest BCUT2D eigenvalue weighted by molar-refractivity contribution is 7.99. The summed E-state index contributed by atoms with van der Waals surface area (Å²) >= 11 is 2.12. The number of benzene rings is 1. The second-order valence-electron chi connectivity index (χ2n) is 6.10. The normalized spacial score (nSPS) is 27.1. The summed E-state index contributed by atoms with van der Waals surface area (Å²) in [6.45, 7) is 1.24. The molecule has 3 rings (SSSR count). The van der Waals surface area contributed by atoms with Gasteiger partial charge in [-0.3, -0.25) is 0 Å². The van der Waals surface area contributed by atoms with Crippen molar-refractivity contribution in [3.8, 4) is 5.75 Å². The van der Waals surface area contributed by atoms with Crippen LogP contribution in [0.1, 0.15) is 37.2 Å². The molecule has 0 atom stereocenters. The molecule has 0 amide bonds. The molecule has 0 aromatic heterocycles. The monoisotopic (exact) mass is 291 g/mol. The van der Waals surface area contributed by atoms with E-state index in [0.717, 1.165) is 23.6 Å². The Hall–Kier alpha value is -0.670. The summed E-state index contributed by atoms with van der Waals surface area (Å²) in [7, 11) is 1.72. The van der Waals surface area contributed by atoms with Gasteiger partial charge in [-0.25, -0.2) is 0 Å². The molecule has 1 aromatic rings. The van der Waals surface area contributed by atoms with E-state index in [2.05, 4.69) is 41.3 Å². The van der Waals surface area contributed by atoms with Crippen molar-refractivity contribution in [3.63, 3.8) is 0 Å². The lowest BCUT2D eigenvalue weighted by Gasteiger charge is -2.37. The Morgan fingerprint density at radius 2 is 1.85 bits per heavy atom. The number of methoxy groups -OCH3 is 1. The van der Waals surface area contributed by atoms with Crippen LogP contribution in [0, 0.1) is 5.92 Å². The van der Waals surface area contributed by atoms with Crippen molar-refractivity contribution in [2.24, 2.45) is 5.92 Å². The molecule has 2 nitrogen and oxygen atoms in total. The predicted octanol–water partition coefficient (Wildman–Crippen LogP) is 3.67. The second kappa shape index (κ2) is 6.86. The molecule has 1 saturated heterocycles. The van der Waals surface area contributed by atoms with Crippen molar-refractivity contribution in [1.82, 2.24) is 5.32 Å². The van der Waals surface area contributed by atoms with E-state index in [4.69, 9.17) is 4.74 Å². The minimum atomic E-state index is 0.747. The number of rotatable bonds is 5. The third-order valence-corrected chi connectivity index (χ3v) is 5.81. The average molecular weight is 291 g/mol. The molecule has 1 heterocycles. The largest absolute Gasteiger partial charge is 0.497 e. The first-order valence-corrected chi connectivity index (χ1v) is 8.95. The highest BCUT2D eigenvalue weighted by atomic mass is 32.2. The third-order valence-electron chi connectivity index (χ3n) is 4.76. The molecule has 1 aliphatic carbocycles. The van der Waals surface area contributed by atoms with E-state index in [0.29, 0.717) is 0 Å².